The number of phosphoric ester groups is 1. The van der Waals surface area contributed by atoms with E-state index in [0.717, 1.165) is 44.1 Å². The second-order valence-corrected chi connectivity index (χ2v) is 9.22. The van der Waals surface area contributed by atoms with E-state index >= 15 is 0 Å². The number of aliphatic hydroxyl groups is 1. The lowest BCUT2D eigenvalue weighted by atomic mass is 10.1. The van der Waals surface area contributed by atoms with Gasteiger partial charge >= 0.3 is 15.6 Å². The van der Waals surface area contributed by atoms with Crippen LogP contribution in [0.3, 0.4) is 0 Å². The number of rotatable bonds is 14. The van der Waals surface area contributed by atoms with Gasteiger partial charge in [0.05, 0.1) is 6.61 Å². The number of aliphatic hydroxyl groups excluding tert-OH is 1. The third-order valence-electron chi connectivity index (χ3n) is 3.67. The first-order chi connectivity index (χ1) is 12.4. The van der Waals surface area contributed by atoms with Gasteiger partial charge in [0.25, 0.3) is 0 Å². The molecule has 4 N–H and O–H groups in total. The van der Waals surface area contributed by atoms with Gasteiger partial charge in [-0.3, -0.25) is 4.52 Å². The van der Waals surface area contributed by atoms with Crippen LogP contribution in [0.1, 0.15) is 59.3 Å². The van der Waals surface area contributed by atoms with Gasteiger partial charge in [0, 0.05) is 6.61 Å². The van der Waals surface area contributed by atoms with Crippen molar-refractivity contribution in [3.05, 3.63) is 34.9 Å². The van der Waals surface area contributed by atoms with E-state index < -0.39 is 15.6 Å². The highest BCUT2D eigenvalue weighted by molar-refractivity contribution is 7.60. The van der Waals surface area contributed by atoms with Gasteiger partial charge in [-0.1, -0.05) is 34.9 Å². The SMILES string of the molecule is C/C(=C\CC/C(C)=C/COP(=O)(O)OP(=O)(O)O)CC/C=C(\C)CCCO. The number of phosphoric acid groups is 2. The molecule has 0 aliphatic carbocycles. The van der Waals surface area contributed by atoms with Crippen molar-refractivity contribution in [2.45, 2.75) is 59.3 Å². The van der Waals surface area contributed by atoms with Crippen LogP contribution in [0, 0.1) is 0 Å². The van der Waals surface area contributed by atoms with Crippen LogP contribution in [-0.2, 0) is 18.0 Å². The third kappa shape index (κ3) is 17.3. The fourth-order valence-corrected chi connectivity index (χ4v) is 3.72. The molecule has 27 heavy (non-hydrogen) atoms. The summed E-state index contributed by atoms with van der Waals surface area (Å²) in [6.45, 7) is 5.92. The molecule has 0 amide bonds. The van der Waals surface area contributed by atoms with E-state index in [2.05, 4.69) is 34.8 Å². The smallest absolute Gasteiger partial charge is 0.396 e. The monoisotopic (exact) mass is 426 g/mol. The summed E-state index contributed by atoms with van der Waals surface area (Å²) in [7, 11) is -9.86. The van der Waals surface area contributed by atoms with E-state index in [1.165, 1.54) is 11.1 Å². The van der Waals surface area contributed by atoms with Crippen molar-refractivity contribution in [3.63, 3.8) is 0 Å². The Labute approximate surface area is 161 Å². The van der Waals surface area contributed by atoms with Crippen LogP contribution in [0.5, 0.6) is 0 Å². The molecule has 0 spiro atoms. The van der Waals surface area contributed by atoms with Crippen molar-refractivity contribution in [2.24, 2.45) is 0 Å². The molecule has 0 aromatic rings. The maximum Gasteiger partial charge on any atom is 0.481 e. The Bertz CT molecular complexity index is 618. The zero-order valence-electron chi connectivity index (χ0n) is 16.2. The van der Waals surface area contributed by atoms with E-state index in [9.17, 15) is 9.13 Å². The molecule has 0 aliphatic rings. The van der Waals surface area contributed by atoms with Crippen molar-refractivity contribution in [1.82, 2.24) is 0 Å². The van der Waals surface area contributed by atoms with E-state index in [4.69, 9.17) is 19.8 Å². The fourth-order valence-electron chi connectivity index (χ4n) is 2.19. The summed E-state index contributed by atoms with van der Waals surface area (Å²) < 4.78 is 30.0. The van der Waals surface area contributed by atoms with Crippen LogP contribution < -0.4 is 0 Å². The lowest BCUT2D eigenvalue weighted by Crippen LogP contribution is -1.94. The number of hydrogen-bond donors (Lipinski definition) is 4. The zero-order valence-corrected chi connectivity index (χ0v) is 18.0. The molecule has 0 rings (SSSR count). The molecule has 0 saturated heterocycles. The largest absolute Gasteiger partial charge is 0.481 e. The average molecular weight is 426 g/mol. The molecule has 0 aromatic carbocycles. The first-order valence-corrected chi connectivity index (χ1v) is 11.8. The zero-order chi connectivity index (χ0) is 20.9. The second kappa shape index (κ2) is 13.6. The maximum absolute atomic E-state index is 11.3. The van der Waals surface area contributed by atoms with Crippen LogP contribution in [0.15, 0.2) is 34.9 Å². The van der Waals surface area contributed by atoms with Crippen molar-refractivity contribution in [3.8, 4) is 0 Å². The standard InChI is InChI=1S/C17H32O8P2/c1-15(7-4-9-16(2)11-6-13-18)8-5-10-17(3)12-14-24-27(22,23)25-26(19,20)21/h8-9,12,18H,4-7,10-11,13-14H2,1-3H3,(H,22,23)(H2,19,20,21)/b15-8+,16-9+,17-12+. The van der Waals surface area contributed by atoms with Gasteiger partial charge in [0.15, 0.2) is 0 Å². The molecule has 0 bridgehead atoms. The predicted octanol–water partition coefficient (Wildman–Crippen LogP) is 4.38. The molecule has 0 radical (unpaired) electrons. The van der Waals surface area contributed by atoms with E-state index in [0.29, 0.717) is 0 Å². The van der Waals surface area contributed by atoms with Crippen molar-refractivity contribution < 1.29 is 37.8 Å². The highest BCUT2D eigenvalue weighted by Gasteiger charge is 2.31. The minimum Gasteiger partial charge on any atom is -0.396 e. The minimum atomic E-state index is -5.08. The molecule has 0 fully saturated rings. The second-order valence-electron chi connectivity index (χ2n) is 6.39. The minimum absolute atomic E-state index is 0.217. The summed E-state index contributed by atoms with van der Waals surface area (Å²) >= 11 is 0. The summed E-state index contributed by atoms with van der Waals surface area (Å²) in [5.74, 6) is 0. The molecule has 0 aromatic heterocycles. The molecule has 0 aliphatic heterocycles. The van der Waals surface area contributed by atoms with Gasteiger partial charge in [-0.15, -0.1) is 0 Å². The fraction of sp³-hybridized carbons (Fsp3) is 0.647. The van der Waals surface area contributed by atoms with Gasteiger partial charge in [0.2, 0.25) is 0 Å². The van der Waals surface area contributed by atoms with Crippen LogP contribution in [-0.4, -0.2) is 33.0 Å². The summed E-state index contributed by atoms with van der Waals surface area (Å²) in [6.07, 6.45) is 11.1. The van der Waals surface area contributed by atoms with E-state index in [1.807, 2.05) is 6.92 Å². The van der Waals surface area contributed by atoms with Gasteiger partial charge in [-0.2, -0.15) is 4.31 Å². The van der Waals surface area contributed by atoms with Crippen molar-refractivity contribution >= 4 is 15.6 Å². The lowest BCUT2D eigenvalue weighted by Gasteiger charge is -2.11. The normalized spacial score (nSPS) is 16.5. The Morgan fingerprint density at radius 3 is 1.81 bits per heavy atom. The molecule has 0 saturated carbocycles. The van der Waals surface area contributed by atoms with Gasteiger partial charge in [-0.05, 0) is 59.3 Å². The van der Waals surface area contributed by atoms with E-state index in [1.54, 1.807) is 6.08 Å². The van der Waals surface area contributed by atoms with Crippen LogP contribution in [0.4, 0.5) is 0 Å². The molecule has 1 unspecified atom stereocenters. The molecular formula is C17H32O8P2. The highest BCUT2D eigenvalue weighted by atomic mass is 31.3. The Balaban J connectivity index is 4.17. The third-order valence-corrected chi connectivity index (χ3v) is 5.82. The first-order valence-electron chi connectivity index (χ1n) is 8.77. The van der Waals surface area contributed by atoms with Gasteiger partial charge < -0.3 is 19.8 Å². The maximum atomic E-state index is 11.3. The predicted molar refractivity (Wildman–Crippen MR) is 105 cm³/mol. The number of allylic oxidation sites excluding steroid dienone is 5. The lowest BCUT2D eigenvalue weighted by molar-refractivity contribution is 0.191. The van der Waals surface area contributed by atoms with Crippen LogP contribution >= 0.6 is 15.6 Å². The summed E-state index contributed by atoms with van der Waals surface area (Å²) in [4.78, 5) is 26.1. The summed E-state index contributed by atoms with van der Waals surface area (Å²) in [6, 6.07) is 0. The average Bonchev–Trinajstić information content (AvgIpc) is 2.50. The molecule has 0 heterocycles. The van der Waals surface area contributed by atoms with Crippen molar-refractivity contribution in [2.75, 3.05) is 13.2 Å². The molecule has 158 valence electrons. The molecular weight excluding hydrogens is 394 g/mol. The quantitative estimate of drug-likeness (QED) is 0.237. The Kier molecular flexibility index (Phi) is 13.3. The Morgan fingerprint density at radius 1 is 0.852 bits per heavy atom. The van der Waals surface area contributed by atoms with Crippen LogP contribution in [0.25, 0.3) is 0 Å². The Morgan fingerprint density at radius 2 is 1.33 bits per heavy atom. The topological polar surface area (TPSA) is 134 Å². The molecule has 1 atom stereocenters. The molecule has 10 heteroatoms. The van der Waals surface area contributed by atoms with E-state index in [-0.39, 0.29) is 13.2 Å². The first kappa shape index (κ1) is 26.4. The van der Waals surface area contributed by atoms with Gasteiger partial charge in [-0.25, -0.2) is 9.13 Å². The van der Waals surface area contributed by atoms with Crippen LogP contribution in [0.2, 0.25) is 0 Å². The van der Waals surface area contributed by atoms with Gasteiger partial charge in [0.1, 0.15) is 0 Å². The Hall–Kier alpha value is -0.560. The molecule has 8 nitrogen and oxygen atoms in total. The number of hydrogen-bond acceptors (Lipinski definition) is 5. The highest BCUT2D eigenvalue weighted by Crippen LogP contribution is 2.57. The summed E-state index contributed by atoms with van der Waals surface area (Å²) in [5.41, 5.74) is 3.50. The van der Waals surface area contributed by atoms with Crippen molar-refractivity contribution in [1.29, 1.82) is 0 Å². The summed E-state index contributed by atoms with van der Waals surface area (Å²) in [5, 5.41) is 8.80.